The van der Waals surface area contributed by atoms with Crippen molar-refractivity contribution >= 4 is 0 Å². The van der Waals surface area contributed by atoms with Gasteiger partial charge in [0.2, 0.25) is 0 Å². The summed E-state index contributed by atoms with van der Waals surface area (Å²) in [5.74, 6) is 1.92. The molecule has 1 aromatic heterocycles. The average Bonchev–Trinajstić information content (AvgIpc) is 2.83. The number of allylic oxidation sites excluding steroid dienone is 2. The van der Waals surface area contributed by atoms with Gasteiger partial charge in [-0.1, -0.05) is 45.3 Å². The van der Waals surface area contributed by atoms with Crippen LogP contribution >= 0.6 is 0 Å². The van der Waals surface area contributed by atoms with Crippen LogP contribution in [0.5, 0.6) is 0 Å². The molecule has 0 aliphatic heterocycles. The summed E-state index contributed by atoms with van der Waals surface area (Å²) >= 11 is 0. The maximum atomic E-state index is 5.45. The molecule has 1 rings (SSSR count). The molecule has 18 heavy (non-hydrogen) atoms. The molecule has 0 N–H and O–H groups in total. The Morgan fingerprint density at radius 1 is 1.33 bits per heavy atom. The molecule has 0 unspecified atom stereocenters. The first-order chi connectivity index (χ1) is 8.72. The summed E-state index contributed by atoms with van der Waals surface area (Å²) in [4.78, 5) is 0. The van der Waals surface area contributed by atoms with Crippen LogP contribution in [0.25, 0.3) is 0 Å². The van der Waals surface area contributed by atoms with Gasteiger partial charge in [0.05, 0.1) is 6.26 Å². The summed E-state index contributed by atoms with van der Waals surface area (Å²) in [5.41, 5.74) is 1.55. The normalized spacial score (nSPS) is 12.3. The fraction of sp³-hybridized carbons (Fsp3) is 0.647. The van der Waals surface area contributed by atoms with Crippen molar-refractivity contribution in [3.05, 3.63) is 35.8 Å². The van der Waals surface area contributed by atoms with Crippen molar-refractivity contribution in [1.82, 2.24) is 0 Å². The predicted octanol–water partition coefficient (Wildman–Crippen LogP) is 5.77. The fourth-order valence-corrected chi connectivity index (χ4v) is 2.14. The van der Waals surface area contributed by atoms with Crippen molar-refractivity contribution in [3.63, 3.8) is 0 Å². The Hall–Kier alpha value is -0.980. The van der Waals surface area contributed by atoms with E-state index in [2.05, 4.69) is 32.9 Å². The molecular weight excluding hydrogens is 220 g/mol. The third kappa shape index (κ3) is 6.68. The van der Waals surface area contributed by atoms with Gasteiger partial charge in [0, 0.05) is 6.42 Å². The summed E-state index contributed by atoms with van der Waals surface area (Å²) in [6.45, 7) is 6.85. The second-order valence-electron chi connectivity index (χ2n) is 5.55. The van der Waals surface area contributed by atoms with Crippen molar-refractivity contribution in [2.24, 2.45) is 5.92 Å². The third-order valence-electron chi connectivity index (χ3n) is 3.25. The Morgan fingerprint density at radius 2 is 2.17 bits per heavy atom. The van der Waals surface area contributed by atoms with Gasteiger partial charge in [-0.3, -0.25) is 0 Å². The topological polar surface area (TPSA) is 13.1 Å². The number of hydrogen-bond donors (Lipinski definition) is 0. The highest BCUT2D eigenvalue weighted by Gasteiger charge is 2.02. The lowest BCUT2D eigenvalue weighted by atomic mass is 10.0. The molecule has 0 aromatic carbocycles. The van der Waals surface area contributed by atoms with Gasteiger partial charge in [-0.2, -0.15) is 0 Å². The van der Waals surface area contributed by atoms with E-state index in [9.17, 15) is 0 Å². The van der Waals surface area contributed by atoms with Crippen molar-refractivity contribution < 1.29 is 4.42 Å². The lowest BCUT2D eigenvalue weighted by Gasteiger charge is -2.06. The van der Waals surface area contributed by atoms with Crippen molar-refractivity contribution in [1.29, 1.82) is 0 Å². The lowest BCUT2D eigenvalue weighted by molar-refractivity contribution is 0.515. The van der Waals surface area contributed by atoms with E-state index >= 15 is 0 Å². The molecule has 0 aliphatic rings. The summed E-state index contributed by atoms with van der Waals surface area (Å²) in [6.07, 6.45) is 12.8. The number of furan rings is 1. The molecule has 0 bridgehead atoms. The highest BCUT2D eigenvalue weighted by Crippen LogP contribution is 2.17. The van der Waals surface area contributed by atoms with Crippen LogP contribution in [0.15, 0.2) is 34.5 Å². The Balaban J connectivity index is 2.41. The molecule has 102 valence electrons. The Kier molecular flexibility index (Phi) is 7.55. The van der Waals surface area contributed by atoms with Crippen LogP contribution in [-0.4, -0.2) is 0 Å². The minimum atomic E-state index is 0.822. The Labute approximate surface area is 112 Å². The molecule has 1 heterocycles. The summed E-state index contributed by atoms with van der Waals surface area (Å²) < 4.78 is 5.45. The highest BCUT2D eigenvalue weighted by molar-refractivity contribution is 5.12. The van der Waals surface area contributed by atoms with Gasteiger partial charge in [-0.15, -0.1) is 0 Å². The lowest BCUT2D eigenvalue weighted by Crippen LogP contribution is -1.91. The maximum Gasteiger partial charge on any atom is 0.107 e. The average molecular weight is 248 g/mol. The van der Waals surface area contributed by atoms with Crippen LogP contribution in [0.4, 0.5) is 0 Å². The van der Waals surface area contributed by atoms with Gasteiger partial charge in [-0.05, 0) is 43.7 Å². The van der Waals surface area contributed by atoms with E-state index in [-0.39, 0.29) is 0 Å². The monoisotopic (exact) mass is 248 g/mol. The molecule has 0 fully saturated rings. The molecule has 1 aromatic rings. The van der Waals surface area contributed by atoms with E-state index in [0.29, 0.717) is 0 Å². The maximum absolute atomic E-state index is 5.45. The van der Waals surface area contributed by atoms with E-state index in [1.807, 2.05) is 6.07 Å². The molecule has 0 saturated carbocycles. The van der Waals surface area contributed by atoms with Gasteiger partial charge < -0.3 is 4.42 Å². The van der Waals surface area contributed by atoms with Gasteiger partial charge in [0.15, 0.2) is 0 Å². The summed E-state index contributed by atoms with van der Waals surface area (Å²) in [7, 11) is 0. The zero-order valence-corrected chi connectivity index (χ0v) is 12.2. The zero-order chi connectivity index (χ0) is 13.2. The first-order valence-electron chi connectivity index (χ1n) is 7.42. The van der Waals surface area contributed by atoms with E-state index in [1.54, 1.807) is 11.8 Å². The molecule has 0 aliphatic carbocycles. The first kappa shape index (κ1) is 15.1. The molecule has 1 nitrogen and oxygen atoms in total. The molecular formula is C17H28O. The molecule has 0 spiro atoms. The fourth-order valence-electron chi connectivity index (χ4n) is 2.14. The van der Waals surface area contributed by atoms with Crippen molar-refractivity contribution in [2.45, 2.75) is 65.7 Å². The van der Waals surface area contributed by atoms with Gasteiger partial charge in [0.1, 0.15) is 5.76 Å². The number of rotatable bonds is 9. The minimum Gasteiger partial charge on any atom is -0.469 e. The van der Waals surface area contributed by atoms with Crippen molar-refractivity contribution in [3.8, 4) is 0 Å². The van der Waals surface area contributed by atoms with Crippen LogP contribution in [0, 0.1) is 5.92 Å². The van der Waals surface area contributed by atoms with Crippen LogP contribution in [0.2, 0.25) is 0 Å². The van der Waals surface area contributed by atoms with Crippen molar-refractivity contribution in [2.75, 3.05) is 0 Å². The zero-order valence-electron chi connectivity index (χ0n) is 12.2. The molecule has 0 atom stereocenters. The standard InChI is InChI=1S/C17H28O/c1-4-5-10-16(11-7-6-9-15(2)3)14-17-12-8-13-18-17/h8,11-13,15H,4-7,9-10,14H2,1-3H3/b16-11-. The predicted molar refractivity (Wildman–Crippen MR) is 78.7 cm³/mol. The SMILES string of the molecule is CCCC/C(=C/CCCC(C)C)Cc1ccco1. The molecule has 0 saturated heterocycles. The number of hydrogen-bond acceptors (Lipinski definition) is 1. The van der Waals surface area contributed by atoms with Crippen LogP contribution in [-0.2, 0) is 6.42 Å². The van der Waals surface area contributed by atoms with Crippen LogP contribution < -0.4 is 0 Å². The second-order valence-corrected chi connectivity index (χ2v) is 5.55. The van der Waals surface area contributed by atoms with E-state index in [0.717, 1.165) is 18.1 Å². The second kappa shape index (κ2) is 9.02. The van der Waals surface area contributed by atoms with E-state index in [4.69, 9.17) is 4.42 Å². The van der Waals surface area contributed by atoms with E-state index < -0.39 is 0 Å². The number of unbranched alkanes of at least 4 members (excludes halogenated alkanes) is 2. The molecule has 1 heteroatoms. The Bertz CT molecular complexity index is 319. The molecule has 0 radical (unpaired) electrons. The smallest absolute Gasteiger partial charge is 0.107 e. The quantitative estimate of drug-likeness (QED) is 0.399. The van der Waals surface area contributed by atoms with Gasteiger partial charge in [-0.25, -0.2) is 0 Å². The molecule has 0 amide bonds. The van der Waals surface area contributed by atoms with Gasteiger partial charge >= 0.3 is 0 Å². The minimum absolute atomic E-state index is 0.822. The largest absolute Gasteiger partial charge is 0.469 e. The van der Waals surface area contributed by atoms with Crippen LogP contribution in [0.3, 0.4) is 0 Å². The van der Waals surface area contributed by atoms with Crippen LogP contribution in [0.1, 0.15) is 65.1 Å². The van der Waals surface area contributed by atoms with E-state index in [1.165, 1.54) is 38.5 Å². The van der Waals surface area contributed by atoms with Gasteiger partial charge in [0.25, 0.3) is 0 Å². The first-order valence-corrected chi connectivity index (χ1v) is 7.42. The third-order valence-corrected chi connectivity index (χ3v) is 3.25. The summed E-state index contributed by atoms with van der Waals surface area (Å²) in [6, 6.07) is 4.05. The highest BCUT2D eigenvalue weighted by atomic mass is 16.3. The Morgan fingerprint density at radius 3 is 2.78 bits per heavy atom. The summed E-state index contributed by atoms with van der Waals surface area (Å²) in [5, 5.41) is 0.